The molecule has 0 aliphatic heterocycles. The Kier molecular flexibility index (Phi) is 9.71. The van der Waals surface area contributed by atoms with Crippen molar-refractivity contribution in [3.63, 3.8) is 0 Å². The van der Waals surface area contributed by atoms with Crippen LogP contribution in [-0.2, 0) is 19.2 Å². The van der Waals surface area contributed by atoms with E-state index in [1.54, 1.807) is 0 Å². The Morgan fingerprint density at radius 2 is 1.22 bits per heavy atom. The van der Waals surface area contributed by atoms with Crippen molar-refractivity contribution in [2.45, 2.75) is 40.8 Å². The van der Waals surface area contributed by atoms with Gasteiger partial charge in [-0.3, -0.25) is 12.2 Å². The molecular weight excluding hydrogens is 268 g/mol. The van der Waals surface area contributed by atoms with Gasteiger partial charge in [0.05, 0.1) is 0 Å². The summed E-state index contributed by atoms with van der Waals surface area (Å²) in [5.74, 6) is 1.11. The Hall–Kier alpha value is -0.109. The molecule has 0 aromatic rings. The van der Waals surface area contributed by atoms with Crippen LogP contribution in [0.25, 0.3) is 0 Å². The first-order chi connectivity index (χ1) is 8.31. The van der Waals surface area contributed by atoms with E-state index in [1.165, 1.54) is 11.1 Å². The van der Waals surface area contributed by atoms with Gasteiger partial charge in [-0.25, -0.2) is 23.3 Å². The van der Waals surface area contributed by atoms with E-state index in [1.807, 2.05) is 0 Å². The predicted octanol–water partition coefficient (Wildman–Crippen LogP) is 4.67. The number of rotatable bonds is 0. The summed E-state index contributed by atoms with van der Waals surface area (Å²) in [4.78, 5) is 0. The maximum atomic E-state index is 3.22. The SMILES string of the molecule is CC1=[C-]C(C)C=C1.CC1=[C-]C(C)C=C1.C[Si](C)=[Ti+2]. The Morgan fingerprint density at radius 1 is 0.944 bits per heavy atom. The van der Waals surface area contributed by atoms with Gasteiger partial charge in [-0.15, -0.1) is 0 Å². The molecule has 0 saturated heterocycles. The number of hydrogen-bond donors (Lipinski definition) is 0. The first-order valence-electron chi connectivity index (χ1n) is 6.39. The molecule has 2 heteroatoms. The molecular formula is C16H24SiTi. The normalized spacial score (nSPS) is 23.6. The zero-order valence-electron chi connectivity index (χ0n) is 12.5. The quantitative estimate of drug-likeness (QED) is 0.449. The molecule has 0 saturated carbocycles. The predicted molar refractivity (Wildman–Crippen MR) is 79.0 cm³/mol. The average molecular weight is 292 g/mol. The standard InChI is InChI=1S/2C7H9.C2H6Si.Ti/c2*1-6-3-4-7(2)5-6;1-3-2;/h2*3-4,6H,1-2H3;1-2H3;/q2*-1;;+2. The van der Waals surface area contributed by atoms with Crippen LogP contribution in [0, 0.1) is 24.0 Å². The van der Waals surface area contributed by atoms with Crippen molar-refractivity contribution in [1.82, 2.24) is 0 Å². The molecule has 0 aromatic carbocycles. The van der Waals surface area contributed by atoms with Crippen LogP contribution in [0.15, 0.2) is 35.5 Å². The molecule has 0 amide bonds. The van der Waals surface area contributed by atoms with Crippen molar-refractivity contribution >= 4 is 6.19 Å². The minimum absolute atomic E-state index is 0.120. The van der Waals surface area contributed by atoms with Crippen molar-refractivity contribution < 1.29 is 19.2 Å². The van der Waals surface area contributed by atoms with Gasteiger partial charge in [-0.2, -0.15) is 12.2 Å². The van der Waals surface area contributed by atoms with Crippen molar-refractivity contribution in [3.05, 3.63) is 47.6 Å². The number of allylic oxidation sites excluding steroid dienone is 8. The van der Waals surface area contributed by atoms with Gasteiger partial charge in [0, 0.05) is 0 Å². The van der Waals surface area contributed by atoms with E-state index in [0.29, 0.717) is 11.8 Å². The Bertz CT molecular complexity index is 350. The Labute approximate surface area is 125 Å². The van der Waals surface area contributed by atoms with Crippen molar-refractivity contribution in [3.8, 4) is 0 Å². The molecule has 2 aliphatic rings. The molecule has 18 heavy (non-hydrogen) atoms. The third-order valence-electron chi connectivity index (χ3n) is 2.18. The van der Waals surface area contributed by atoms with E-state index in [4.69, 9.17) is 0 Å². The zero-order chi connectivity index (χ0) is 14.1. The van der Waals surface area contributed by atoms with Gasteiger partial charge in [-0.1, -0.05) is 39.5 Å². The van der Waals surface area contributed by atoms with Gasteiger partial charge < -0.3 is 0 Å². The molecule has 2 rings (SSSR count). The molecule has 0 radical (unpaired) electrons. The van der Waals surface area contributed by atoms with Crippen molar-refractivity contribution in [2.75, 3.05) is 0 Å². The number of hydrogen-bond acceptors (Lipinski definition) is 0. The van der Waals surface area contributed by atoms with E-state index < -0.39 is 0 Å². The fourth-order valence-electron chi connectivity index (χ4n) is 1.49. The average Bonchev–Trinajstić information content (AvgIpc) is 2.76. The molecule has 0 heterocycles. The van der Waals surface area contributed by atoms with Crippen LogP contribution in [0.4, 0.5) is 0 Å². The Morgan fingerprint density at radius 3 is 1.28 bits per heavy atom. The van der Waals surface area contributed by atoms with Gasteiger partial charge in [0.15, 0.2) is 0 Å². The zero-order valence-corrected chi connectivity index (χ0v) is 15.0. The second-order valence-electron chi connectivity index (χ2n) is 4.95. The van der Waals surface area contributed by atoms with E-state index in [2.05, 4.69) is 96.4 Å². The molecule has 96 valence electrons. The molecule has 0 aromatic heterocycles. The van der Waals surface area contributed by atoms with Gasteiger partial charge in [0.2, 0.25) is 0 Å². The van der Waals surface area contributed by atoms with E-state index in [-0.39, 0.29) is 6.19 Å². The van der Waals surface area contributed by atoms with Crippen LogP contribution in [0.5, 0.6) is 0 Å². The van der Waals surface area contributed by atoms with Gasteiger partial charge in [0.1, 0.15) is 0 Å². The van der Waals surface area contributed by atoms with Crippen LogP contribution in [0.2, 0.25) is 13.1 Å². The third kappa shape index (κ3) is 11.0. The third-order valence-corrected chi connectivity index (χ3v) is 2.18. The van der Waals surface area contributed by atoms with Crippen molar-refractivity contribution in [1.29, 1.82) is 0 Å². The summed E-state index contributed by atoms with van der Waals surface area (Å²) in [5.41, 5.74) is 2.54. The summed E-state index contributed by atoms with van der Waals surface area (Å²) in [6, 6.07) is 0. The molecule has 2 aliphatic carbocycles. The molecule has 2 atom stereocenters. The van der Waals surface area contributed by atoms with Crippen LogP contribution >= 0.6 is 0 Å². The fraction of sp³-hybridized carbons (Fsp3) is 0.500. The second kappa shape index (κ2) is 9.77. The first kappa shape index (κ1) is 17.9. The van der Waals surface area contributed by atoms with Gasteiger partial charge >= 0.3 is 38.5 Å². The monoisotopic (exact) mass is 292 g/mol. The molecule has 2 unspecified atom stereocenters. The van der Waals surface area contributed by atoms with Crippen LogP contribution < -0.4 is 0 Å². The second-order valence-corrected chi connectivity index (χ2v) is 11.6. The summed E-state index contributed by atoms with van der Waals surface area (Å²) >= 11 is 2.27. The maximum absolute atomic E-state index is 3.22. The Balaban J connectivity index is 0.000000253. The van der Waals surface area contributed by atoms with Crippen molar-refractivity contribution in [2.24, 2.45) is 11.8 Å². The molecule has 0 spiro atoms. The molecule has 0 nitrogen and oxygen atoms in total. The van der Waals surface area contributed by atoms with E-state index in [9.17, 15) is 0 Å². The molecule has 0 N–H and O–H groups in total. The van der Waals surface area contributed by atoms with Gasteiger partial charge in [0.25, 0.3) is 0 Å². The van der Waals surface area contributed by atoms with E-state index in [0.717, 1.165) is 0 Å². The fourth-order valence-corrected chi connectivity index (χ4v) is 1.49. The topological polar surface area (TPSA) is 0 Å². The summed E-state index contributed by atoms with van der Waals surface area (Å²) < 4.78 is 0. The van der Waals surface area contributed by atoms with Crippen LogP contribution in [0.3, 0.4) is 0 Å². The van der Waals surface area contributed by atoms with Crippen LogP contribution in [0.1, 0.15) is 27.7 Å². The summed E-state index contributed by atoms with van der Waals surface area (Å²) in [7, 11) is 0. The summed E-state index contributed by atoms with van der Waals surface area (Å²) in [5, 5.41) is 0. The van der Waals surface area contributed by atoms with Gasteiger partial charge in [-0.05, 0) is 0 Å². The first-order valence-corrected chi connectivity index (χ1v) is 11.2. The molecule has 0 fully saturated rings. The van der Waals surface area contributed by atoms with E-state index >= 15 is 0 Å². The van der Waals surface area contributed by atoms with Crippen LogP contribution in [-0.4, -0.2) is 6.19 Å². The summed E-state index contributed by atoms with van der Waals surface area (Å²) in [6.45, 7) is 12.9. The molecule has 0 bridgehead atoms. The summed E-state index contributed by atoms with van der Waals surface area (Å²) in [6.07, 6.45) is 15.1. The minimum atomic E-state index is 0.120.